The molecule has 1 aliphatic rings. The molecule has 2 heterocycles. The van der Waals surface area contributed by atoms with Gasteiger partial charge < -0.3 is 14.9 Å². The fourth-order valence-electron chi connectivity index (χ4n) is 4.26. The summed E-state index contributed by atoms with van der Waals surface area (Å²) in [6, 6.07) is 4.27. The molecule has 1 N–H and O–H groups in total. The Balaban J connectivity index is 2.22. The van der Waals surface area contributed by atoms with Crippen molar-refractivity contribution in [1.82, 2.24) is 14.8 Å². The molecule has 5 heteroatoms. The van der Waals surface area contributed by atoms with E-state index in [0.717, 1.165) is 49.0 Å². The summed E-state index contributed by atoms with van der Waals surface area (Å²) in [5, 5.41) is 9.29. The maximum absolute atomic E-state index is 9.29. The van der Waals surface area contributed by atoms with E-state index in [0.29, 0.717) is 12.8 Å². The van der Waals surface area contributed by atoms with Gasteiger partial charge in [0.05, 0.1) is 22.7 Å². The van der Waals surface area contributed by atoms with Crippen molar-refractivity contribution in [3.05, 3.63) is 72.6 Å². The number of aliphatic imine (C=N–C) groups is 1. The minimum atomic E-state index is -0.155. The zero-order chi connectivity index (χ0) is 24.8. The second kappa shape index (κ2) is 10.9. The monoisotopic (exact) mass is 450 g/mol. The van der Waals surface area contributed by atoms with Gasteiger partial charge in [-0.25, -0.2) is 4.99 Å². The van der Waals surface area contributed by atoms with Crippen LogP contribution in [-0.4, -0.2) is 51.3 Å². The van der Waals surface area contributed by atoms with Gasteiger partial charge in [-0.2, -0.15) is 0 Å². The minimum Gasteiger partial charge on any atom is -0.513 e. The molecule has 0 saturated carbocycles. The van der Waals surface area contributed by atoms with Crippen molar-refractivity contribution in [1.29, 1.82) is 0 Å². The molecule has 1 fully saturated rings. The van der Waals surface area contributed by atoms with Crippen LogP contribution in [0, 0.1) is 6.92 Å². The van der Waals surface area contributed by atoms with E-state index in [4.69, 9.17) is 4.98 Å². The number of rotatable bonds is 10. The second-order valence-electron chi connectivity index (χ2n) is 10.1. The molecular weight excluding hydrogens is 408 g/mol. The van der Waals surface area contributed by atoms with Gasteiger partial charge >= 0.3 is 0 Å². The number of aryl methyl sites for hydroxylation is 1. The van der Waals surface area contributed by atoms with Gasteiger partial charge in [0.15, 0.2) is 0 Å². The summed E-state index contributed by atoms with van der Waals surface area (Å²) in [7, 11) is 0. The van der Waals surface area contributed by atoms with E-state index >= 15 is 0 Å². The van der Waals surface area contributed by atoms with Crippen LogP contribution in [0.15, 0.2) is 60.6 Å². The van der Waals surface area contributed by atoms with Gasteiger partial charge in [-0.1, -0.05) is 52.7 Å². The van der Waals surface area contributed by atoms with E-state index < -0.39 is 0 Å². The highest BCUT2D eigenvalue weighted by atomic mass is 16.3. The molecule has 0 spiro atoms. The third-order valence-electron chi connectivity index (χ3n) is 6.52. The molecule has 180 valence electrons. The average Bonchev–Trinajstić information content (AvgIpc) is 2.74. The summed E-state index contributed by atoms with van der Waals surface area (Å²) in [5.74, 6) is 1.06. The highest BCUT2D eigenvalue weighted by Gasteiger charge is 2.36. The summed E-state index contributed by atoms with van der Waals surface area (Å²) in [4.78, 5) is 14.4. The predicted molar refractivity (Wildman–Crippen MR) is 141 cm³/mol. The van der Waals surface area contributed by atoms with Gasteiger partial charge in [-0.3, -0.25) is 4.98 Å². The van der Waals surface area contributed by atoms with Crippen LogP contribution in [-0.2, 0) is 5.41 Å². The lowest BCUT2D eigenvalue weighted by atomic mass is 9.83. The number of hydrogen-bond donors (Lipinski definition) is 1. The van der Waals surface area contributed by atoms with Crippen LogP contribution in [0.3, 0.4) is 0 Å². The number of nitrogens with zero attached hydrogens (tertiary/aromatic N) is 4. The van der Waals surface area contributed by atoms with E-state index in [2.05, 4.69) is 88.2 Å². The lowest BCUT2D eigenvalue weighted by molar-refractivity contribution is 0.0846. The largest absolute Gasteiger partial charge is 0.513 e. The third-order valence-corrected chi connectivity index (χ3v) is 6.52. The first kappa shape index (κ1) is 26.4. The molecule has 0 aliphatic carbocycles. The van der Waals surface area contributed by atoms with Gasteiger partial charge in [0.1, 0.15) is 5.82 Å². The van der Waals surface area contributed by atoms with E-state index in [1.807, 2.05) is 12.3 Å². The zero-order valence-corrected chi connectivity index (χ0v) is 21.5. The standard InChI is InChI=1S/C28H42N4O/c1-10-13-25(29-17-12-14-22(4)33)31-18-19-32(28(8,9)20-31)23(5)24-16-15-21(3)26(30-24)27(6,7)11-2/h10,13,15-17,33H,1,4-5,11-12,14,18-20H2,2-3,6-9H3/b25-13+,29-17-. The van der Waals surface area contributed by atoms with Gasteiger partial charge in [-0.15, -0.1) is 0 Å². The van der Waals surface area contributed by atoms with Crippen LogP contribution < -0.4 is 0 Å². The van der Waals surface area contributed by atoms with Crippen LogP contribution in [0.2, 0.25) is 0 Å². The molecule has 0 unspecified atom stereocenters. The van der Waals surface area contributed by atoms with Gasteiger partial charge in [0.25, 0.3) is 0 Å². The molecule has 1 aromatic rings. The highest BCUT2D eigenvalue weighted by Crippen LogP contribution is 2.33. The maximum Gasteiger partial charge on any atom is 0.128 e. The molecule has 33 heavy (non-hydrogen) atoms. The van der Waals surface area contributed by atoms with E-state index in [9.17, 15) is 5.11 Å². The summed E-state index contributed by atoms with van der Waals surface area (Å²) in [5.41, 5.74) is 4.16. The number of pyridine rings is 1. The van der Waals surface area contributed by atoms with Crippen LogP contribution in [0.25, 0.3) is 5.70 Å². The Hall–Kier alpha value is -2.82. The lowest BCUT2D eigenvalue weighted by Crippen LogP contribution is -2.57. The summed E-state index contributed by atoms with van der Waals surface area (Å²) in [6.07, 6.45) is 7.74. The minimum absolute atomic E-state index is 0.0271. The Morgan fingerprint density at radius 2 is 1.97 bits per heavy atom. The molecule has 1 saturated heterocycles. The average molecular weight is 451 g/mol. The molecule has 5 nitrogen and oxygen atoms in total. The van der Waals surface area contributed by atoms with Crippen molar-refractivity contribution in [3.8, 4) is 0 Å². The van der Waals surface area contributed by atoms with Gasteiger partial charge in [0, 0.05) is 43.4 Å². The summed E-state index contributed by atoms with van der Waals surface area (Å²) < 4.78 is 0. The van der Waals surface area contributed by atoms with Crippen LogP contribution in [0.4, 0.5) is 0 Å². The normalized spacial score (nSPS) is 16.8. The maximum atomic E-state index is 9.29. The first-order valence-electron chi connectivity index (χ1n) is 11.8. The van der Waals surface area contributed by atoms with Crippen molar-refractivity contribution in [2.45, 2.75) is 71.8 Å². The molecule has 0 radical (unpaired) electrons. The molecular formula is C28H42N4O. The number of aromatic nitrogens is 1. The van der Waals surface area contributed by atoms with Crippen molar-refractivity contribution < 1.29 is 5.11 Å². The fourth-order valence-corrected chi connectivity index (χ4v) is 4.26. The SMILES string of the molecule is C=C/C=C(\N=C/CCC(=C)O)N1CCN(C(=C)c2ccc(C)c(C(C)(C)CC)n2)C(C)(C)C1. The summed E-state index contributed by atoms with van der Waals surface area (Å²) in [6.45, 7) is 27.6. The van der Waals surface area contributed by atoms with E-state index in [-0.39, 0.29) is 16.7 Å². The van der Waals surface area contributed by atoms with Crippen molar-refractivity contribution in [2.24, 2.45) is 4.99 Å². The Kier molecular flexibility index (Phi) is 8.70. The molecule has 2 rings (SSSR count). The lowest BCUT2D eigenvalue weighted by Gasteiger charge is -2.49. The smallest absolute Gasteiger partial charge is 0.128 e. The van der Waals surface area contributed by atoms with Crippen LogP contribution >= 0.6 is 0 Å². The van der Waals surface area contributed by atoms with Crippen molar-refractivity contribution >= 4 is 11.9 Å². The molecule has 0 aromatic carbocycles. The van der Waals surface area contributed by atoms with Crippen LogP contribution in [0.5, 0.6) is 0 Å². The van der Waals surface area contributed by atoms with Crippen molar-refractivity contribution in [2.75, 3.05) is 19.6 Å². The van der Waals surface area contributed by atoms with E-state index in [1.165, 1.54) is 5.56 Å². The summed E-state index contributed by atoms with van der Waals surface area (Å²) >= 11 is 0. The number of allylic oxidation sites excluding steroid dienone is 3. The predicted octanol–water partition coefficient (Wildman–Crippen LogP) is 6.39. The van der Waals surface area contributed by atoms with Gasteiger partial charge in [-0.05, 0) is 51.3 Å². The molecule has 0 bridgehead atoms. The first-order valence-corrected chi connectivity index (χ1v) is 11.8. The van der Waals surface area contributed by atoms with Crippen molar-refractivity contribution in [3.63, 3.8) is 0 Å². The Bertz CT molecular complexity index is 939. The number of aliphatic hydroxyl groups is 1. The molecule has 1 aromatic heterocycles. The number of aliphatic hydroxyl groups excluding tert-OH is 1. The fraction of sp³-hybridized carbons (Fsp3) is 0.500. The first-order chi connectivity index (χ1) is 15.4. The van der Waals surface area contributed by atoms with Crippen LogP contribution in [0.1, 0.15) is 70.8 Å². The third kappa shape index (κ3) is 6.59. The topological polar surface area (TPSA) is 52.0 Å². The molecule has 0 amide bonds. The van der Waals surface area contributed by atoms with E-state index in [1.54, 1.807) is 6.08 Å². The second-order valence-corrected chi connectivity index (χ2v) is 10.1. The Morgan fingerprint density at radius 3 is 2.55 bits per heavy atom. The number of hydrogen-bond acceptors (Lipinski definition) is 5. The molecule has 1 aliphatic heterocycles. The molecule has 0 atom stereocenters. The zero-order valence-electron chi connectivity index (χ0n) is 21.5. The Morgan fingerprint density at radius 1 is 1.27 bits per heavy atom. The Labute approximate surface area is 200 Å². The number of piperazine rings is 1. The van der Waals surface area contributed by atoms with Gasteiger partial charge in [0.2, 0.25) is 0 Å². The quantitative estimate of drug-likeness (QED) is 0.255. The highest BCUT2D eigenvalue weighted by molar-refractivity contribution is 5.61.